The van der Waals surface area contributed by atoms with Gasteiger partial charge in [0.15, 0.2) is 0 Å². The summed E-state index contributed by atoms with van der Waals surface area (Å²) in [5.41, 5.74) is 3.51. The van der Waals surface area contributed by atoms with Gasteiger partial charge >= 0.3 is 0 Å². The Morgan fingerprint density at radius 3 is 2.78 bits per heavy atom. The van der Waals surface area contributed by atoms with Crippen molar-refractivity contribution in [3.05, 3.63) is 23.8 Å². The van der Waals surface area contributed by atoms with Gasteiger partial charge in [0.25, 0.3) is 0 Å². The average Bonchev–Trinajstić information content (AvgIpc) is 2.82. The summed E-state index contributed by atoms with van der Waals surface area (Å²) >= 11 is 0. The Balaban J connectivity index is 1.94. The molecule has 3 rings (SSSR count). The van der Waals surface area contributed by atoms with Crippen molar-refractivity contribution < 1.29 is 4.74 Å². The number of H-pyrrole nitrogens is 1. The van der Waals surface area contributed by atoms with Gasteiger partial charge < -0.3 is 14.6 Å². The summed E-state index contributed by atoms with van der Waals surface area (Å²) in [6, 6.07) is 6.48. The summed E-state index contributed by atoms with van der Waals surface area (Å²) in [7, 11) is 0. The molecule has 0 amide bonds. The molecule has 4 nitrogen and oxygen atoms in total. The number of aromatic amines is 1. The molecule has 0 aliphatic carbocycles. The molecule has 1 aliphatic rings. The van der Waals surface area contributed by atoms with Crippen LogP contribution in [0, 0.1) is 0 Å². The quantitative estimate of drug-likeness (QED) is 0.884. The molecule has 0 spiro atoms. The molecule has 1 aliphatic heterocycles. The number of morpholine rings is 1. The second-order valence-corrected chi connectivity index (χ2v) is 5.09. The van der Waals surface area contributed by atoms with Crippen LogP contribution in [0.3, 0.4) is 0 Å². The summed E-state index contributed by atoms with van der Waals surface area (Å²) in [6.07, 6.45) is 0. The fourth-order valence-electron chi connectivity index (χ4n) is 2.29. The number of aromatic nitrogens is 2. The van der Waals surface area contributed by atoms with Crippen LogP contribution >= 0.6 is 0 Å². The van der Waals surface area contributed by atoms with Crippen molar-refractivity contribution in [2.24, 2.45) is 0 Å². The van der Waals surface area contributed by atoms with Crippen LogP contribution < -0.4 is 4.90 Å². The third kappa shape index (κ3) is 2.08. The Bertz CT molecular complexity index is 541. The highest BCUT2D eigenvalue weighted by Crippen LogP contribution is 2.22. The molecule has 0 radical (unpaired) electrons. The molecule has 0 bridgehead atoms. The van der Waals surface area contributed by atoms with Crippen LogP contribution in [0.1, 0.15) is 25.3 Å². The predicted octanol–water partition coefficient (Wildman–Crippen LogP) is 2.52. The SMILES string of the molecule is CC(C)c1ccc2[nH]c(N3CCOCC3)nc2c1. The Morgan fingerprint density at radius 2 is 2.06 bits per heavy atom. The van der Waals surface area contributed by atoms with E-state index in [1.807, 2.05) is 0 Å². The smallest absolute Gasteiger partial charge is 0.203 e. The van der Waals surface area contributed by atoms with Gasteiger partial charge in [-0.25, -0.2) is 4.98 Å². The monoisotopic (exact) mass is 245 g/mol. The van der Waals surface area contributed by atoms with Crippen molar-refractivity contribution >= 4 is 17.0 Å². The number of hydrogen-bond acceptors (Lipinski definition) is 3. The lowest BCUT2D eigenvalue weighted by molar-refractivity contribution is 0.122. The molecule has 96 valence electrons. The molecular formula is C14H19N3O. The molecule has 0 atom stereocenters. The summed E-state index contributed by atoms with van der Waals surface area (Å²) in [6.45, 7) is 7.81. The number of imidazole rings is 1. The Hall–Kier alpha value is -1.55. The number of hydrogen-bond donors (Lipinski definition) is 1. The zero-order chi connectivity index (χ0) is 12.5. The molecule has 1 fully saturated rings. The minimum absolute atomic E-state index is 0.540. The van der Waals surface area contributed by atoms with Crippen LogP contribution in [0.5, 0.6) is 0 Å². The van der Waals surface area contributed by atoms with E-state index in [0.29, 0.717) is 5.92 Å². The van der Waals surface area contributed by atoms with Crippen LogP contribution in [0.25, 0.3) is 11.0 Å². The Labute approximate surface area is 107 Å². The van der Waals surface area contributed by atoms with Crippen molar-refractivity contribution in [3.63, 3.8) is 0 Å². The van der Waals surface area contributed by atoms with Crippen molar-refractivity contribution in [2.45, 2.75) is 19.8 Å². The van der Waals surface area contributed by atoms with E-state index in [1.165, 1.54) is 5.56 Å². The lowest BCUT2D eigenvalue weighted by Gasteiger charge is -2.26. The zero-order valence-electron chi connectivity index (χ0n) is 10.9. The first-order valence-corrected chi connectivity index (χ1v) is 6.56. The first-order chi connectivity index (χ1) is 8.74. The number of anilines is 1. The highest BCUT2D eigenvalue weighted by Gasteiger charge is 2.15. The van der Waals surface area contributed by atoms with Crippen molar-refractivity contribution in [1.82, 2.24) is 9.97 Å². The van der Waals surface area contributed by atoms with E-state index in [1.54, 1.807) is 0 Å². The van der Waals surface area contributed by atoms with E-state index >= 15 is 0 Å². The average molecular weight is 245 g/mol. The van der Waals surface area contributed by atoms with Gasteiger partial charge in [-0.1, -0.05) is 19.9 Å². The van der Waals surface area contributed by atoms with Crippen LogP contribution in [0.15, 0.2) is 18.2 Å². The summed E-state index contributed by atoms with van der Waals surface area (Å²) < 4.78 is 5.36. The number of nitrogens with zero attached hydrogens (tertiary/aromatic N) is 2. The van der Waals surface area contributed by atoms with Gasteiger partial charge in [-0.05, 0) is 23.6 Å². The molecule has 2 heterocycles. The van der Waals surface area contributed by atoms with Gasteiger partial charge in [0.1, 0.15) is 0 Å². The van der Waals surface area contributed by atoms with Gasteiger partial charge in [0.05, 0.1) is 24.2 Å². The van der Waals surface area contributed by atoms with Crippen molar-refractivity contribution in [1.29, 1.82) is 0 Å². The molecule has 0 unspecified atom stereocenters. The highest BCUT2D eigenvalue weighted by molar-refractivity contribution is 5.78. The molecule has 1 aromatic heterocycles. The molecule has 18 heavy (non-hydrogen) atoms. The number of benzene rings is 1. The van der Waals surface area contributed by atoms with Crippen LogP contribution in [0.2, 0.25) is 0 Å². The second kappa shape index (κ2) is 4.61. The fourth-order valence-corrected chi connectivity index (χ4v) is 2.29. The number of fused-ring (bicyclic) bond motifs is 1. The largest absolute Gasteiger partial charge is 0.378 e. The number of ether oxygens (including phenoxy) is 1. The summed E-state index contributed by atoms with van der Waals surface area (Å²) in [5.74, 6) is 1.51. The van der Waals surface area contributed by atoms with Gasteiger partial charge in [0, 0.05) is 13.1 Å². The van der Waals surface area contributed by atoms with Crippen LogP contribution in [0.4, 0.5) is 5.95 Å². The van der Waals surface area contributed by atoms with E-state index in [9.17, 15) is 0 Å². The standard InChI is InChI=1S/C14H19N3O/c1-10(2)11-3-4-12-13(9-11)16-14(15-12)17-5-7-18-8-6-17/h3-4,9-10H,5-8H2,1-2H3,(H,15,16). The molecular weight excluding hydrogens is 226 g/mol. The third-order valence-electron chi connectivity index (χ3n) is 3.47. The zero-order valence-corrected chi connectivity index (χ0v) is 10.9. The van der Waals surface area contributed by atoms with Gasteiger partial charge in [-0.15, -0.1) is 0 Å². The lowest BCUT2D eigenvalue weighted by atomic mass is 10.0. The van der Waals surface area contributed by atoms with Gasteiger partial charge in [-0.3, -0.25) is 0 Å². The molecule has 2 aromatic rings. The number of rotatable bonds is 2. The normalized spacial score (nSPS) is 16.7. The summed E-state index contributed by atoms with van der Waals surface area (Å²) in [5, 5.41) is 0. The van der Waals surface area contributed by atoms with E-state index < -0.39 is 0 Å². The van der Waals surface area contributed by atoms with Crippen LogP contribution in [-0.2, 0) is 4.74 Å². The van der Waals surface area contributed by atoms with Gasteiger partial charge in [-0.2, -0.15) is 0 Å². The fraction of sp³-hybridized carbons (Fsp3) is 0.500. The highest BCUT2D eigenvalue weighted by atomic mass is 16.5. The maximum absolute atomic E-state index is 5.36. The second-order valence-electron chi connectivity index (χ2n) is 5.09. The Kier molecular flexibility index (Phi) is 2.96. The minimum atomic E-state index is 0.540. The minimum Gasteiger partial charge on any atom is -0.378 e. The predicted molar refractivity (Wildman–Crippen MR) is 73.2 cm³/mol. The Morgan fingerprint density at radius 1 is 1.28 bits per heavy atom. The lowest BCUT2D eigenvalue weighted by Crippen LogP contribution is -2.36. The maximum Gasteiger partial charge on any atom is 0.203 e. The number of nitrogens with one attached hydrogen (secondary N) is 1. The topological polar surface area (TPSA) is 41.2 Å². The third-order valence-corrected chi connectivity index (χ3v) is 3.47. The van der Waals surface area contributed by atoms with E-state index in [-0.39, 0.29) is 0 Å². The van der Waals surface area contributed by atoms with E-state index in [0.717, 1.165) is 43.3 Å². The first kappa shape index (κ1) is 11.5. The van der Waals surface area contributed by atoms with Crippen LogP contribution in [-0.4, -0.2) is 36.3 Å². The summed E-state index contributed by atoms with van der Waals surface area (Å²) in [4.78, 5) is 10.3. The molecule has 1 saturated heterocycles. The van der Waals surface area contributed by atoms with Gasteiger partial charge in [0.2, 0.25) is 5.95 Å². The van der Waals surface area contributed by atoms with Crippen molar-refractivity contribution in [2.75, 3.05) is 31.2 Å². The molecule has 1 aromatic carbocycles. The molecule has 1 N–H and O–H groups in total. The molecule has 4 heteroatoms. The van der Waals surface area contributed by atoms with E-state index in [4.69, 9.17) is 9.72 Å². The maximum atomic E-state index is 5.36. The van der Waals surface area contributed by atoms with Crippen molar-refractivity contribution in [3.8, 4) is 0 Å². The van der Waals surface area contributed by atoms with E-state index in [2.05, 4.69) is 41.9 Å². The first-order valence-electron chi connectivity index (χ1n) is 6.56. The molecule has 0 saturated carbocycles.